The van der Waals surface area contributed by atoms with Crippen LogP contribution in [0.5, 0.6) is 0 Å². The average Bonchev–Trinajstić information content (AvgIpc) is 2.81. The molecule has 1 saturated heterocycles. The van der Waals surface area contributed by atoms with Gasteiger partial charge in [-0.25, -0.2) is 0 Å². The molecule has 1 heterocycles. The molecule has 32 heavy (non-hydrogen) atoms. The molecule has 2 aromatic carbocycles. The molecular formula is C22H30N10. The van der Waals surface area contributed by atoms with Gasteiger partial charge in [-0.3, -0.25) is 0 Å². The fourth-order valence-corrected chi connectivity index (χ4v) is 3.43. The van der Waals surface area contributed by atoms with Crippen molar-refractivity contribution in [2.75, 3.05) is 36.0 Å². The van der Waals surface area contributed by atoms with Crippen molar-refractivity contribution in [2.45, 2.75) is 13.8 Å². The van der Waals surface area contributed by atoms with E-state index < -0.39 is 0 Å². The molecule has 168 valence electrons. The monoisotopic (exact) mass is 434 g/mol. The van der Waals surface area contributed by atoms with Gasteiger partial charge < -0.3 is 32.7 Å². The molecule has 0 saturated carbocycles. The summed E-state index contributed by atoms with van der Waals surface area (Å²) >= 11 is 0. The SMILES string of the molecule is C/C(=N\N=C(N)N)c1ccc(N2CCN(c3ccc(/C(C)=N/N=C(N)N)cc3)CC2)cc1. The standard InChI is InChI=1S/C22H30N10/c1-15(27-29-21(23)24)17-3-7-19(8-4-17)31-11-13-32(14-12-31)20-9-5-18(6-10-20)16(2)28-30-22(25)26/h3-10H,11-14H2,1-2H3,(H4,23,24,29)(H4,25,26,30)/b27-15+,28-16+. The lowest BCUT2D eigenvalue weighted by Crippen LogP contribution is -2.46. The Kier molecular flexibility index (Phi) is 7.27. The Hall–Kier alpha value is -4.08. The first kappa shape index (κ1) is 22.6. The molecule has 0 bridgehead atoms. The van der Waals surface area contributed by atoms with Crippen molar-refractivity contribution in [3.05, 3.63) is 59.7 Å². The summed E-state index contributed by atoms with van der Waals surface area (Å²) in [6.45, 7) is 7.50. The zero-order valence-corrected chi connectivity index (χ0v) is 18.4. The van der Waals surface area contributed by atoms with Crippen LogP contribution in [0.25, 0.3) is 0 Å². The molecule has 2 aromatic rings. The summed E-state index contributed by atoms with van der Waals surface area (Å²) in [6.07, 6.45) is 0. The van der Waals surface area contributed by atoms with Crippen molar-refractivity contribution in [2.24, 2.45) is 43.3 Å². The van der Waals surface area contributed by atoms with Crippen molar-refractivity contribution in [3.8, 4) is 0 Å². The molecule has 1 fully saturated rings. The molecule has 0 aliphatic carbocycles. The highest BCUT2D eigenvalue weighted by atomic mass is 15.3. The Morgan fingerprint density at radius 2 is 0.875 bits per heavy atom. The molecule has 0 radical (unpaired) electrons. The molecule has 0 amide bonds. The summed E-state index contributed by atoms with van der Waals surface area (Å²) < 4.78 is 0. The van der Waals surface area contributed by atoms with Gasteiger partial charge in [0.05, 0.1) is 11.4 Å². The largest absolute Gasteiger partial charge is 0.369 e. The predicted octanol–water partition coefficient (Wildman–Crippen LogP) is 1.01. The molecule has 0 unspecified atom stereocenters. The van der Waals surface area contributed by atoms with E-state index in [2.05, 4.69) is 54.5 Å². The van der Waals surface area contributed by atoms with E-state index in [1.165, 1.54) is 11.4 Å². The number of benzene rings is 2. The number of guanidine groups is 2. The van der Waals surface area contributed by atoms with E-state index in [0.717, 1.165) is 48.7 Å². The summed E-state index contributed by atoms with van der Waals surface area (Å²) in [5.74, 6) is -0.106. The number of rotatable bonds is 6. The Morgan fingerprint density at radius 3 is 1.16 bits per heavy atom. The maximum Gasteiger partial charge on any atom is 0.211 e. The van der Waals surface area contributed by atoms with Gasteiger partial charge in [-0.2, -0.15) is 10.2 Å². The van der Waals surface area contributed by atoms with Crippen LogP contribution in [0.15, 0.2) is 68.9 Å². The van der Waals surface area contributed by atoms with Gasteiger partial charge in [-0.1, -0.05) is 24.3 Å². The molecule has 1 aliphatic rings. The van der Waals surface area contributed by atoms with Gasteiger partial charge >= 0.3 is 0 Å². The molecule has 0 atom stereocenters. The molecule has 3 rings (SSSR count). The Balaban J connectivity index is 1.59. The van der Waals surface area contributed by atoms with E-state index in [1.807, 2.05) is 38.1 Å². The highest BCUT2D eigenvalue weighted by Crippen LogP contribution is 2.22. The fourth-order valence-electron chi connectivity index (χ4n) is 3.43. The van der Waals surface area contributed by atoms with Gasteiger partial charge in [-0.15, -0.1) is 10.2 Å². The van der Waals surface area contributed by atoms with Crippen molar-refractivity contribution in [1.82, 2.24) is 0 Å². The third-order valence-corrected chi connectivity index (χ3v) is 5.21. The summed E-state index contributed by atoms with van der Waals surface area (Å²) in [4.78, 5) is 4.76. The van der Waals surface area contributed by atoms with Crippen molar-refractivity contribution in [3.63, 3.8) is 0 Å². The quantitative estimate of drug-likeness (QED) is 0.301. The van der Waals surface area contributed by atoms with Crippen LogP contribution in [-0.2, 0) is 0 Å². The van der Waals surface area contributed by atoms with Crippen LogP contribution in [0.1, 0.15) is 25.0 Å². The zero-order valence-electron chi connectivity index (χ0n) is 18.4. The molecular weight excluding hydrogens is 404 g/mol. The minimum absolute atomic E-state index is 0.0531. The predicted molar refractivity (Wildman–Crippen MR) is 133 cm³/mol. The van der Waals surface area contributed by atoms with Gasteiger partial charge in [0, 0.05) is 37.6 Å². The van der Waals surface area contributed by atoms with Gasteiger partial charge in [0.2, 0.25) is 11.9 Å². The average molecular weight is 435 g/mol. The van der Waals surface area contributed by atoms with Crippen LogP contribution < -0.4 is 32.7 Å². The zero-order chi connectivity index (χ0) is 23.1. The first-order chi connectivity index (χ1) is 15.3. The topological polar surface area (TPSA) is 160 Å². The Morgan fingerprint density at radius 1 is 0.562 bits per heavy atom. The lowest BCUT2D eigenvalue weighted by molar-refractivity contribution is 0.653. The number of hydrogen-bond acceptors (Lipinski definition) is 6. The summed E-state index contributed by atoms with van der Waals surface area (Å²) in [5.41, 5.74) is 27.2. The highest BCUT2D eigenvalue weighted by Gasteiger charge is 2.17. The first-order valence-electron chi connectivity index (χ1n) is 10.3. The normalized spacial score (nSPS) is 14.8. The number of anilines is 2. The minimum atomic E-state index is -0.0531. The Labute approximate surface area is 188 Å². The smallest absolute Gasteiger partial charge is 0.211 e. The van der Waals surface area contributed by atoms with Gasteiger partial charge in [-0.05, 0) is 49.2 Å². The van der Waals surface area contributed by atoms with Gasteiger partial charge in [0.1, 0.15) is 0 Å². The first-order valence-corrected chi connectivity index (χ1v) is 10.3. The van der Waals surface area contributed by atoms with Gasteiger partial charge in [0.25, 0.3) is 0 Å². The molecule has 0 spiro atoms. The van der Waals surface area contributed by atoms with Gasteiger partial charge in [0.15, 0.2) is 0 Å². The third-order valence-electron chi connectivity index (χ3n) is 5.21. The maximum atomic E-state index is 5.33. The molecule has 1 aliphatic heterocycles. The van der Waals surface area contributed by atoms with Crippen LogP contribution in [0.4, 0.5) is 11.4 Å². The van der Waals surface area contributed by atoms with Crippen LogP contribution in [0.3, 0.4) is 0 Å². The van der Waals surface area contributed by atoms with E-state index in [9.17, 15) is 0 Å². The molecule has 0 aromatic heterocycles. The highest BCUT2D eigenvalue weighted by molar-refractivity contribution is 5.99. The van der Waals surface area contributed by atoms with Crippen molar-refractivity contribution < 1.29 is 0 Å². The summed E-state index contributed by atoms with van der Waals surface area (Å²) in [5, 5.41) is 15.5. The molecule has 8 N–H and O–H groups in total. The number of nitrogens with zero attached hydrogens (tertiary/aromatic N) is 6. The maximum absolute atomic E-state index is 5.33. The third kappa shape index (κ3) is 5.97. The van der Waals surface area contributed by atoms with E-state index in [1.54, 1.807) is 0 Å². The molecule has 10 nitrogen and oxygen atoms in total. The van der Waals surface area contributed by atoms with Crippen LogP contribution in [-0.4, -0.2) is 49.5 Å². The summed E-state index contributed by atoms with van der Waals surface area (Å²) in [7, 11) is 0. The summed E-state index contributed by atoms with van der Waals surface area (Å²) in [6, 6.07) is 16.6. The van der Waals surface area contributed by atoms with E-state index in [-0.39, 0.29) is 11.9 Å². The fraction of sp³-hybridized carbons (Fsp3) is 0.273. The lowest BCUT2D eigenvalue weighted by atomic mass is 10.1. The van der Waals surface area contributed by atoms with Crippen LogP contribution in [0, 0.1) is 0 Å². The number of piperazine rings is 1. The van der Waals surface area contributed by atoms with Crippen LogP contribution in [0.2, 0.25) is 0 Å². The number of hydrogen-bond donors (Lipinski definition) is 4. The lowest BCUT2D eigenvalue weighted by Gasteiger charge is -2.37. The minimum Gasteiger partial charge on any atom is -0.369 e. The Bertz CT molecular complexity index is 934. The second-order valence-electron chi connectivity index (χ2n) is 7.49. The molecule has 10 heteroatoms. The van der Waals surface area contributed by atoms with E-state index in [0.29, 0.717) is 0 Å². The van der Waals surface area contributed by atoms with E-state index in [4.69, 9.17) is 22.9 Å². The second-order valence-corrected chi connectivity index (χ2v) is 7.49. The van der Waals surface area contributed by atoms with Crippen molar-refractivity contribution >= 4 is 34.7 Å². The van der Waals surface area contributed by atoms with Crippen LogP contribution >= 0.6 is 0 Å². The van der Waals surface area contributed by atoms with E-state index >= 15 is 0 Å². The second kappa shape index (κ2) is 10.3. The van der Waals surface area contributed by atoms with Crippen molar-refractivity contribution in [1.29, 1.82) is 0 Å². The number of nitrogens with two attached hydrogens (primary N) is 4.